The summed E-state index contributed by atoms with van der Waals surface area (Å²) in [5.74, 6) is -0.496. The van der Waals surface area contributed by atoms with E-state index < -0.39 is 15.7 Å². The first-order chi connectivity index (χ1) is 15.4. The van der Waals surface area contributed by atoms with Crippen LogP contribution < -0.4 is 11.2 Å². The topological polar surface area (TPSA) is 118 Å². The lowest BCUT2D eigenvalue weighted by Crippen LogP contribution is -2.37. The molecule has 0 radical (unpaired) electrons. The first-order valence-corrected chi connectivity index (χ1v) is 11.3. The van der Waals surface area contributed by atoms with E-state index in [2.05, 4.69) is 15.4 Å². The number of nitrogens with one attached hydrogen (secondary N) is 1. The number of hydrogen-bond acceptors (Lipinski definition) is 7. The highest BCUT2D eigenvalue weighted by Crippen LogP contribution is 2.22. The number of sulfone groups is 1. The van der Waals surface area contributed by atoms with E-state index >= 15 is 0 Å². The van der Waals surface area contributed by atoms with Gasteiger partial charge in [0.25, 0.3) is 0 Å². The van der Waals surface area contributed by atoms with Crippen molar-refractivity contribution in [3.05, 3.63) is 90.9 Å². The van der Waals surface area contributed by atoms with E-state index in [1.165, 1.54) is 18.5 Å². The van der Waals surface area contributed by atoms with Gasteiger partial charge in [-0.25, -0.2) is 23.4 Å². The summed E-state index contributed by atoms with van der Waals surface area (Å²) in [4.78, 5) is 20.3. The molecular weight excluding hydrogens is 426 g/mol. The Kier molecular flexibility index (Phi) is 6.11. The van der Waals surface area contributed by atoms with Gasteiger partial charge in [0.2, 0.25) is 15.7 Å². The maximum atomic E-state index is 12.8. The van der Waals surface area contributed by atoms with Gasteiger partial charge < -0.3 is 11.2 Å². The highest BCUT2D eigenvalue weighted by Gasteiger charge is 2.17. The fraction of sp³-hybridized carbons (Fsp3) is 0.0870. The van der Waals surface area contributed by atoms with Crippen LogP contribution in [0.3, 0.4) is 0 Å². The fourth-order valence-electron chi connectivity index (χ4n) is 3.29. The Morgan fingerprint density at radius 3 is 2.41 bits per heavy atom. The monoisotopic (exact) mass is 447 g/mol. The van der Waals surface area contributed by atoms with Gasteiger partial charge in [0.1, 0.15) is 6.33 Å². The molecule has 4 aromatic rings. The molecular formula is C23H21N5O3S. The number of carbonyl (C=O) groups excluding carboxylic acids is 1. The van der Waals surface area contributed by atoms with Gasteiger partial charge in [-0.1, -0.05) is 30.3 Å². The number of anilines is 1. The molecule has 0 unspecified atom stereocenters. The minimum absolute atomic E-state index is 0.0358. The maximum absolute atomic E-state index is 12.8. The maximum Gasteiger partial charge on any atom is 0.233 e. The normalized spacial score (nSPS) is 11.5. The van der Waals surface area contributed by atoms with E-state index in [1.54, 1.807) is 53.7 Å². The van der Waals surface area contributed by atoms with Crippen LogP contribution in [0.4, 0.5) is 5.69 Å². The van der Waals surface area contributed by atoms with Gasteiger partial charge in [-0.05, 0) is 48.0 Å². The van der Waals surface area contributed by atoms with Gasteiger partial charge in [-0.3, -0.25) is 4.79 Å². The molecule has 162 valence electrons. The van der Waals surface area contributed by atoms with Crippen LogP contribution in [0.1, 0.15) is 5.56 Å². The van der Waals surface area contributed by atoms with Gasteiger partial charge in [0, 0.05) is 23.8 Å². The minimum Gasteiger partial charge on any atom is -0.368 e. The molecule has 0 bridgehead atoms. The number of nitrogens with two attached hydrogens (primary N) is 1. The van der Waals surface area contributed by atoms with Crippen LogP contribution in [0.5, 0.6) is 0 Å². The number of aromatic nitrogens is 2. The first-order valence-electron chi connectivity index (χ1n) is 9.80. The third kappa shape index (κ3) is 4.90. The Bertz CT molecular complexity index is 1340. The molecule has 1 amide bonds. The number of hydrogen-bond donors (Lipinski definition) is 2. The summed E-state index contributed by atoms with van der Waals surface area (Å²) in [6.07, 6.45) is 3.22. The molecule has 0 saturated carbocycles. The lowest BCUT2D eigenvalue weighted by molar-refractivity contribution is -0.118. The molecule has 1 aromatic heterocycles. The number of hydrazine groups is 1. The summed E-state index contributed by atoms with van der Waals surface area (Å²) in [5, 5.41) is 2.58. The fourth-order valence-corrected chi connectivity index (χ4v) is 4.57. The summed E-state index contributed by atoms with van der Waals surface area (Å²) < 4.78 is 25.5. The Balaban J connectivity index is 1.53. The Labute approximate surface area is 185 Å². The summed E-state index contributed by atoms with van der Waals surface area (Å²) in [5.41, 5.74) is 10.9. The van der Waals surface area contributed by atoms with Crippen LogP contribution in [0.25, 0.3) is 10.9 Å². The largest absolute Gasteiger partial charge is 0.368 e. The van der Waals surface area contributed by atoms with Crippen molar-refractivity contribution in [3.8, 4) is 0 Å². The number of benzene rings is 3. The number of carbonyl (C=O) groups is 1. The van der Waals surface area contributed by atoms with Crippen LogP contribution in [0.2, 0.25) is 0 Å². The molecule has 1 heterocycles. The molecule has 9 heteroatoms. The van der Waals surface area contributed by atoms with Gasteiger partial charge in [0.15, 0.2) is 0 Å². The molecule has 0 saturated heterocycles. The van der Waals surface area contributed by atoms with E-state index in [9.17, 15) is 13.2 Å². The third-order valence-corrected chi connectivity index (χ3v) is 6.58. The van der Waals surface area contributed by atoms with Crippen molar-refractivity contribution in [1.29, 1.82) is 0 Å². The van der Waals surface area contributed by atoms with E-state index in [1.807, 2.05) is 18.2 Å². The average Bonchev–Trinajstić information content (AvgIpc) is 2.79. The zero-order chi connectivity index (χ0) is 22.6. The molecule has 3 N–H and O–H groups in total. The van der Waals surface area contributed by atoms with E-state index in [0.29, 0.717) is 12.2 Å². The number of rotatable bonds is 8. The highest BCUT2D eigenvalue weighted by atomic mass is 32.2. The number of amides is 1. The van der Waals surface area contributed by atoms with E-state index in [0.717, 1.165) is 16.5 Å². The predicted octanol–water partition coefficient (Wildman–Crippen LogP) is 2.78. The Morgan fingerprint density at radius 2 is 1.69 bits per heavy atom. The molecule has 8 nitrogen and oxygen atoms in total. The molecule has 4 rings (SSSR count). The molecule has 32 heavy (non-hydrogen) atoms. The Hall–Kier alpha value is -3.82. The van der Waals surface area contributed by atoms with E-state index in [4.69, 9.17) is 5.73 Å². The van der Waals surface area contributed by atoms with Gasteiger partial charge in [-0.15, -0.1) is 0 Å². The second-order valence-electron chi connectivity index (χ2n) is 7.19. The quantitative estimate of drug-likeness (QED) is 0.399. The zero-order valence-corrected chi connectivity index (χ0v) is 17.9. The van der Waals surface area contributed by atoms with Gasteiger partial charge >= 0.3 is 0 Å². The summed E-state index contributed by atoms with van der Waals surface area (Å²) in [7, 11) is -3.60. The summed E-state index contributed by atoms with van der Waals surface area (Å²) in [6, 6.07) is 20.4. The standard InChI is InChI=1S/C23H21N5O3S/c24-23(29)15-28(14-17-6-7-18-13-25-16-26-22(18)12-17)27-19-8-10-21(11-9-19)32(30,31)20-4-2-1-3-5-20/h1-13,16,27H,14-15H2,(H2,24,29). The van der Waals surface area contributed by atoms with Crippen LogP contribution in [0.15, 0.2) is 95.1 Å². The minimum atomic E-state index is -3.60. The summed E-state index contributed by atoms with van der Waals surface area (Å²) in [6.45, 7) is 0.346. The molecule has 0 atom stereocenters. The van der Waals surface area contributed by atoms with Crippen LogP contribution in [-0.4, -0.2) is 35.8 Å². The van der Waals surface area contributed by atoms with Crippen LogP contribution in [-0.2, 0) is 21.2 Å². The third-order valence-electron chi connectivity index (χ3n) is 4.80. The van der Waals surface area contributed by atoms with Crippen molar-refractivity contribution in [2.45, 2.75) is 16.3 Å². The smallest absolute Gasteiger partial charge is 0.233 e. The highest BCUT2D eigenvalue weighted by molar-refractivity contribution is 7.91. The van der Waals surface area contributed by atoms with Crippen molar-refractivity contribution < 1.29 is 13.2 Å². The van der Waals surface area contributed by atoms with Crippen molar-refractivity contribution in [2.24, 2.45) is 5.73 Å². The predicted molar refractivity (Wildman–Crippen MR) is 121 cm³/mol. The summed E-state index contributed by atoms with van der Waals surface area (Å²) >= 11 is 0. The Morgan fingerprint density at radius 1 is 0.969 bits per heavy atom. The van der Waals surface area contributed by atoms with Crippen molar-refractivity contribution in [3.63, 3.8) is 0 Å². The van der Waals surface area contributed by atoms with Crippen LogP contribution >= 0.6 is 0 Å². The van der Waals surface area contributed by atoms with Crippen molar-refractivity contribution >= 4 is 32.3 Å². The first kappa shape index (κ1) is 21.4. The van der Waals surface area contributed by atoms with Gasteiger partial charge in [0.05, 0.1) is 21.9 Å². The van der Waals surface area contributed by atoms with Crippen molar-refractivity contribution in [1.82, 2.24) is 15.0 Å². The molecule has 0 fully saturated rings. The SMILES string of the molecule is NC(=O)CN(Cc1ccc2cncnc2c1)Nc1ccc(S(=O)(=O)c2ccccc2)cc1. The number of nitrogens with zero attached hydrogens (tertiary/aromatic N) is 3. The molecule has 3 aromatic carbocycles. The lowest BCUT2D eigenvalue weighted by Gasteiger charge is -2.23. The number of fused-ring (bicyclic) bond motifs is 1. The average molecular weight is 448 g/mol. The molecule has 0 spiro atoms. The zero-order valence-electron chi connectivity index (χ0n) is 17.0. The molecule has 0 aliphatic rings. The van der Waals surface area contributed by atoms with Gasteiger partial charge in [-0.2, -0.15) is 0 Å². The molecule has 0 aliphatic heterocycles. The molecule has 0 aliphatic carbocycles. The lowest BCUT2D eigenvalue weighted by atomic mass is 10.1. The van der Waals surface area contributed by atoms with Crippen LogP contribution in [0, 0.1) is 0 Å². The number of primary amides is 1. The second-order valence-corrected chi connectivity index (χ2v) is 9.14. The van der Waals surface area contributed by atoms with Crippen molar-refractivity contribution in [2.75, 3.05) is 12.0 Å². The second kappa shape index (κ2) is 9.13. The van der Waals surface area contributed by atoms with E-state index in [-0.39, 0.29) is 16.3 Å².